The first-order valence-corrected chi connectivity index (χ1v) is 42.6. The molecule has 0 bridgehead atoms. The number of nitrogens with one attached hydrogen (secondary N) is 1. The summed E-state index contributed by atoms with van der Waals surface area (Å²) in [6, 6.07) is 4.77. The van der Waals surface area contributed by atoms with E-state index in [1.165, 1.54) is 60.2 Å². The van der Waals surface area contributed by atoms with Crippen LogP contribution in [0.2, 0.25) is 0 Å². The second-order valence-electron chi connectivity index (χ2n) is 35.9. The summed E-state index contributed by atoms with van der Waals surface area (Å²) in [7, 11) is 7.06. The lowest BCUT2D eigenvalue weighted by molar-refractivity contribution is -0.183. The molecule has 51 heteroatoms. The number of aliphatic hydroxyl groups excluding tert-OH is 4. The van der Waals surface area contributed by atoms with E-state index in [1.54, 1.807) is 162 Å². The third-order valence-electron chi connectivity index (χ3n) is 21.1. The Bertz CT molecular complexity index is 5140. The maximum Gasteiger partial charge on any atom is 0.408 e. The number of hydrogen-bond acceptors (Lipinski definition) is 36. The number of azide groups is 4. The molecule has 20 atom stereocenters. The van der Waals surface area contributed by atoms with E-state index in [9.17, 15) is 79.4 Å². The number of aliphatic imine (C=N–C) groups is 2. The summed E-state index contributed by atoms with van der Waals surface area (Å²) >= 11 is 0. The smallest absolute Gasteiger partial charge is 0.408 e. The minimum atomic E-state index is -2.22. The lowest BCUT2D eigenvalue weighted by atomic mass is 9.92. The molecule has 4 saturated heterocycles. The lowest BCUT2D eigenvalue weighted by Crippen LogP contribution is -2.52. The number of amides is 1. The fourth-order valence-corrected chi connectivity index (χ4v) is 13.3. The van der Waals surface area contributed by atoms with E-state index in [2.05, 4.69) is 75.3 Å². The number of aliphatic hydroxyl groups is 4. The zero-order valence-electron chi connectivity index (χ0n) is 79.9. The van der Waals surface area contributed by atoms with Crippen molar-refractivity contribution in [3.8, 4) is 0 Å². The molecule has 51 nitrogen and oxygen atoms in total. The number of alkyl carbamates (subject to hydrolysis) is 1. The van der Waals surface area contributed by atoms with Crippen molar-refractivity contribution in [1.29, 1.82) is 0 Å². The number of carbonyl (C=O) groups excluding carboxylic acids is 6. The molecule has 0 aromatic carbocycles. The number of aromatic nitrogens is 8. The summed E-state index contributed by atoms with van der Waals surface area (Å²) in [5.74, 6) is -8.43. The Hall–Kier alpha value is -12.2. The third-order valence-corrected chi connectivity index (χ3v) is 21.1. The highest BCUT2D eigenvalue weighted by Gasteiger charge is 2.61. The highest BCUT2D eigenvalue weighted by Crippen LogP contribution is 2.48. The first-order chi connectivity index (χ1) is 61.9. The fourth-order valence-electron chi connectivity index (χ4n) is 13.3. The Morgan fingerprint density at radius 1 is 0.526 bits per heavy atom. The van der Waals surface area contributed by atoms with Crippen LogP contribution in [0.1, 0.15) is 182 Å². The number of rotatable bonds is 31. The normalized spacial score (nSPS) is 25.6. The SMILES string of the molecule is CC(C)[C@H](CC(=O)OC(C)(C)C)C(=O)OC[C@@]1(N=[N+]=[N-])O[C@@H](n2ccc(N=CN(C)C)nc2=O)[C@@H](C)[C@@H]1OC(=O)[C@@H](NC(=O)OC(C)(C)C)C(C)C.CCN.C[C@@H]1[C@H](n2ccc(N)nc2=O)O[C@@](CO)(N=[N+]=[N-])[C@H]1O.C[C@@H]1[C@H](n2ccc(N=CN(C)C)nc2=O)O[C@@](CO)(N=[N+]=[N-])[C@H]1O.Cc1ccn([C@@H]2O[C@@](COC(=O)[C@@H](C)C(C)C)(N=[N+]=[N-])[C@@H](OC(=O)[C@@H](C)C(C)C)[C@@H]2C)c(=O)n1. The van der Waals surface area contributed by atoms with Crippen LogP contribution >= 0.6 is 0 Å². The zero-order valence-corrected chi connectivity index (χ0v) is 79.9. The summed E-state index contributed by atoms with van der Waals surface area (Å²) in [4.78, 5) is 166. The van der Waals surface area contributed by atoms with E-state index >= 15 is 0 Å². The van der Waals surface area contributed by atoms with Crippen LogP contribution in [0.15, 0.2) is 98.7 Å². The predicted octanol–water partition coefficient (Wildman–Crippen LogP) is 7.71. The highest BCUT2D eigenvalue weighted by molar-refractivity contribution is 5.82. The Morgan fingerprint density at radius 3 is 1.22 bits per heavy atom. The van der Waals surface area contributed by atoms with Crippen LogP contribution in [0.5, 0.6) is 0 Å². The second kappa shape index (κ2) is 49.5. The number of aryl methyl sites for hydroxylation is 1. The third kappa shape index (κ3) is 30.4. The summed E-state index contributed by atoms with van der Waals surface area (Å²) in [6.07, 6.45) is -1.76. The molecule has 4 fully saturated rings. The van der Waals surface area contributed by atoms with Crippen LogP contribution in [0.3, 0.4) is 0 Å². The molecule has 0 aliphatic carbocycles. The van der Waals surface area contributed by atoms with Crippen LogP contribution < -0.4 is 39.5 Å². The molecule has 1 amide bonds. The van der Waals surface area contributed by atoms with E-state index in [-0.39, 0.29) is 41.6 Å². The number of ether oxygens (including phenoxy) is 10. The lowest BCUT2D eigenvalue weighted by Gasteiger charge is -2.32. The van der Waals surface area contributed by atoms with E-state index in [1.807, 2.05) is 34.6 Å². The van der Waals surface area contributed by atoms with Gasteiger partial charge in [-0.25, -0.2) is 38.8 Å². The molecule has 4 aromatic rings. The van der Waals surface area contributed by atoms with Gasteiger partial charge in [0.05, 0.1) is 62.3 Å². The van der Waals surface area contributed by atoms with Gasteiger partial charge in [0, 0.05) is 102 Å². The Balaban J connectivity index is 0.000000391. The number of carbonyl (C=O) groups is 6. The van der Waals surface area contributed by atoms with E-state index in [4.69, 9.17) is 69.9 Å². The fraction of sp³-hybridized carbons (Fsp3) is 0.707. The van der Waals surface area contributed by atoms with E-state index in [0.717, 1.165) is 20.2 Å². The zero-order chi connectivity index (χ0) is 101. The van der Waals surface area contributed by atoms with Crippen LogP contribution in [0.25, 0.3) is 41.8 Å². The molecule has 9 N–H and O–H groups in total. The second-order valence-corrected chi connectivity index (χ2v) is 35.9. The van der Waals surface area contributed by atoms with E-state index < -0.39 is 222 Å². The standard InChI is InChI=1S/C34H54N8O10.C23H35N5O6.C13H19N7O4.C10H14N6O4.C2H7N/c1-19(2)22(16-24(43)50-32(6,7)8)28(44)48-17-34(39-40-35)26(49-29(45)25(20(3)4)38-31(47)52-33(9,10)11)21(5)27(51-34)42-15-14-23(37-30(42)46)36-18-41(12)13;1-12(2)15(6)20(29)32-11-23(26-27-24)18(33-21(30)16(7)13(3)4)17(8)19(34-23)28-10-9-14(5)25-22(28)31;1-8-10(22)13(6-21,17-18-14)24-11(8)20-5-4-9(16-12(20)23)15-7-19(2)3;1-5-7(18)10(4-17,14-15-12)20-8(5)16-3-2-6(11)13-9(16)19;1-2-3/h14-15,18-22,25-27H,16-17H2,1-13H3,(H,38,47);9-10,12-13,15-19H,11H2,1-8H3;4-5,7-8,10-11,21-22H,6H2,1-3H3;2-3,5,7-8,17-18H,4H2,1H3,(H2,11,13,19);2-3H2,1H3/t21-,22-,25-,26-,27+,34+;15-,16-,17-,18-,19+,23+;8-,10-,11+,13+;5-,7-,8+,10+;/m0000./s1. The number of esters is 5. The van der Waals surface area contributed by atoms with Crippen molar-refractivity contribution in [2.45, 2.75) is 248 Å². The van der Waals surface area contributed by atoms with Gasteiger partial charge >= 0.3 is 58.7 Å². The number of nitrogens with zero attached hydrogens (tertiary/aromatic N) is 24. The van der Waals surface area contributed by atoms with Gasteiger partial charge in [0.25, 0.3) is 0 Å². The van der Waals surface area contributed by atoms with Crippen molar-refractivity contribution in [2.24, 2.45) is 101 Å². The highest BCUT2D eigenvalue weighted by atomic mass is 16.7. The summed E-state index contributed by atoms with van der Waals surface area (Å²) < 4.78 is 61.6. The minimum Gasteiger partial charge on any atom is -0.462 e. The van der Waals surface area contributed by atoms with Gasteiger partial charge < -0.3 is 94.4 Å². The Morgan fingerprint density at radius 2 is 0.872 bits per heavy atom. The van der Waals surface area contributed by atoms with Crippen molar-refractivity contribution >= 4 is 66.1 Å². The maximum absolute atomic E-state index is 13.8. The number of nitrogens with two attached hydrogens (primary N) is 2. The largest absolute Gasteiger partial charge is 0.462 e. The topological polar surface area (TPSA) is 706 Å². The van der Waals surface area contributed by atoms with Crippen LogP contribution in [0, 0.1) is 72.0 Å². The van der Waals surface area contributed by atoms with Crippen molar-refractivity contribution in [3.05, 3.63) is 138 Å². The predicted molar refractivity (Wildman–Crippen MR) is 479 cm³/mol. The molecule has 4 aliphatic heterocycles. The molecule has 4 aliphatic rings. The van der Waals surface area contributed by atoms with Crippen molar-refractivity contribution in [3.63, 3.8) is 0 Å². The van der Waals surface area contributed by atoms with Crippen molar-refractivity contribution in [2.75, 3.05) is 66.9 Å². The Kier molecular flexibility index (Phi) is 42.1. The summed E-state index contributed by atoms with van der Waals surface area (Å²) in [5.41, 5.74) is 35.0. The summed E-state index contributed by atoms with van der Waals surface area (Å²) in [6.45, 7) is 36.1. The molecule has 4 aromatic heterocycles. The first kappa shape index (κ1) is 113. The summed E-state index contributed by atoms with van der Waals surface area (Å²) in [5, 5.41) is 56.0. The monoisotopic (exact) mass is 1880 g/mol. The van der Waals surface area contributed by atoms with Crippen molar-refractivity contribution < 1.29 is 96.6 Å². The molecule has 8 heterocycles. The molecule has 0 radical (unpaired) electrons. The number of anilines is 1. The molecule has 133 heavy (non-hydrogen) atoms. The van der Waals surface area contributed by atoms with Gasteiger partial charge in [0.15, 0.2) is 23.1 Å². The van der Waals surface area contributed by atoms with Crippen LogP contribution in [0.4, 0.5) is 22.2 Å². The quantitative estimate of drug-likeness (QED) is 0.00482. The Labute approximate surface area is 767 Å². The molecule has 0 saturated carbocycles. The maximum atomic E-state index is 13.8. The molecule has 0 unspecified atom stereocenters. The number of hydrogen-bond donors (Lipinski definition) is 7. The van der Waals surface area contributed by atoms with Gasteiger partial charge in [-0.3, -0.25) is 37.4 Å². The van der Waals surface area contributed by atoms with Gasteiger partial charge in [-0.15, -0.1) is 0 Å². The van der Waals surface area contributed by atoms with Gasteiger partial charge in [-0.05, 0) is 125 Å². The molecule has 0 spiro atoms. The first-order valence-electron chi connectivity index (χ1n) is 42.6. The molecule has 8 rings (SSSR count). The molecular weight excluding hydrogens is 1750 g/mol. The van der Waals surface area contributed by atoms with E-state index in [0.29, 0.717) is 5.69 Å². The van der Waals surface area contributed by atoms with Crippen molar-refractivity contribution in [1.82, 2.24) is 53.3 Å². The van der Waals surface area contributed by atoms with Gasteiger partial charge in [-0.2, -0.15) is 19.9 Å². The van der Waals surface area contributed by atoms with Crippen LogP contribution in [-0.2, 0) is 71.3 Å². The average Bonchev–Trinajstić information content (AvgIpc) is 1.62. The number of nitrogen functional groups attached to an aromatic ring is 1. The molecule has 736 valence electrons. The molecular formula is C82H129N27O24. The van der Waals surface area contributed by atoms with Gasteiger partial charge in [0.2, 0.25) is 11.4 Å². The van der Waals surface area contributed by atoms with Crippen LogP contribution in [-0.4, -0.2) is 243 Å². The average molecular weight is 1880 g/mol. The van der Waals surface area contributed by atoms with Gasteiger partial charge in [0.1, 0.15) is 73.4 Å². The van der Waals surface area contributed by atoms with Gasteiger partial charge in [-0.1, -0.05) is 124 Å². The minimum absolute atomic E-state index is 0.00318.